The summed E-state index contributed by atoms with van der Waals surface area (Å²) in [6.45, 7) is 2.22. The Balaban J connectivity index is 2.02. The summed E-state index contributed by atoms with van der Waals surface area (Å²) in [6.07, 6.45) is -3.13. The third kappa shape index (κ3) is 3.42. The van der Waals surface area contributed by atoms with Crippen LogP contribution in [0.15, 0.2) is 48.7 Å². The molecule has 0 radical (unpaired) electrons. The van der Waals surface area contributed by atoms with Gasteiger partial charge in [0.15, 0.2) is 0 Å². The van der Waals surface area contributed by atoms with Crippen molar-refractivity contribution >= 4 is 0 Å². The molecular formula is C19H16F4N2O. The molecule has 1 aromatic heterocycles. The molecular weight excluding hydrogens is 348 g/mol. The Bertz CT molecular complexity index is 932. The Morgan fingerprint density at radius 3 is 2.50 bits per heavy atom. The number of nitrogens with zero attached hydrogens (tertiary/aromatic N) is 2. The van der Waals surface area contributed by atoms with E-state index in [4.69, 9.17) is 4.74 Å². The number of alkyl halides is 3. The number of para-hydroxylation sites is 1. The van der Waals surface area contributed by atoms with Gasteiger partial charge >= 0.3 is 6.18 Å². The number of methoxy groups -OCH3 is 1. The largest absolute Gasteiger partial charge is 0.496 e. The summed E-state index contributed by atoms with van der Waals surface area (Å²) in [5, 5.41) is 0. The molecule has 0 saturated carbocycles. The number of aryl methyl sites for hydroxylation is 1. The molecule has 0 unspecified atom stereocenters. The van der Waals surface area contributed by atoms with Crippen LogP contribution in [0.5, 0.6) is 5.75 Å². The molecule has 0 fully saturated rings. The Hall–Kier alpha value is -2.83. The fourth-order valence-electron chi connectivity index (χ4n) is 2.78. The maximum Gasteiger partial charge on any atom is 0.419 e. The van der Waals surface area contributed by atoms with Crippen molar-refractivity contribution < 1.29 is 22.3 Å². The predicted molar refractivity (Wildman–Crippen MR) is 89.5 cm³/mol. The molecule has 0 aliphatic carbocycles. The van der Waals surface area contributed by atoms with Gasteiger partial charge in [0.25, 0.3) is 0 Å². The van der Waals surface area contributed by atoms with Gasteiger partial charge in [-0.1, -0.05) is 24.3 Å². The average molecular weight is 364 g/mol. The van der Waals surface area contributed by atoms with Gasteiger partial charge in [0.05, 0.1) is 19.2 Å². The van der Waals surface area contributed by atoms with E-state index in [1.165, 1.54) is 6.07 Å². The summed E-state index contributed by atoms with van der Waals surface area (Å²) in [5.41, 5.74) is 0.662. The molecule has 7 heteroatoms. The maximum atomic E-state index is 13.9. The summed E-state index contributed by atoms with van der Waals surface area (Å²) < 4.78 is 59.4. The summed E-state index contributed by atoms with van der Waals surface area (Å²) in [5.74, 6) is -0.245. The van der Waals surface area contributed by atoms with E-state index in [0.29, 0.717) is 18.1 Å². The topological polar surface area (TPSA) is 27.1 Å². The molecule has 0 amide bonds. The van der Waals surface area contributed by atoms with Gasteiger partial charge in [0, 0.05) is 23.0 Å². The van der Waals surface area contributed by atoms with Gasteiger partial charge in [-0.3, -0.25) is 0 Å². The van der Waals surface area contributed by atoms with E-state index in [0.717, 1.165) is 23.4 Å². The third-order valence-electron chi connectivity index (χ3n) is 4.11. The van der Waals surface area contributed by atoms with Gasteiger partial charge in [0.2, 0.25) is 0 Å². The molecule has 3 rings (SSSR count). The van der Waals surface area contributed by atoms with Crippen molar-refractivity contribution in [3.63, 3.8) is 0 Å². The van der Waals surface area contributed by atoms with E-state index in [-0.39, 0.29) is 5.56 Å². The van der Waals surface area contributed by atoms with Crippen LogP contribution in [0.25, 0.3) is 11.4 Å². The number of hydrogen-bond acceptors (Lipinski definition) is 2. The second kappa shape index (κ2) is 6.82. The van der Waals surface area contributed by atoms with Crippen molar-refractivity contribution in [1.29, 1.82) is 0 Å². The van der Waals surface area contributed by atoms with Gasteiger partial charge in [-0.05, 0) is 25.1 Å². The van der Waals surface area contributed by atoms with Gasteiger partial charge in [-0.15, -0.1) is 0 Å². The van der Waals surface area contributed by atoms with Crippen LogP contribution in [0, 0.1) is 12.7 Å². The van der Waals surface area contributed by atoms with Gasteiger partial charge in [-0.25, -0.2) is 9.37 Å². The molecule has 0 atom stereocenters. The van der Waals surface area contributed by atoms with Crippen LogP contribution in [0.1, 0.15) is 16.8 Å². The standard InChI is InChI=1S/C19H16F4N2O/c1-12-10-24-18(13-7-8-15(16(20)9-13)19(21,22)23)25(12)11-14-5-3-4-6-17(14)26-2/h3-10H,11H2,1-2H3. The minimum atomic E-state index is -4.73. The normalized spacial score (nSPS) is 11.6. The number of halogens is 4. The highest BCUT2D eigenvalue weighted by Crippen LogP contribution is 2.33. The smallest absolute Gasteiger partial charge is 0.419 e. The number of benzene rings is 2. The van der Waals surface area contributed by atoms with Crippen molar-refractivity contribution in [2.24, 2.45) is 0 Å². The summed E-state index contributed by atoms with van der Waals surface area (Å²) in [6, 6.07) is 10.2. The summed E-state index contributed by atoms with van der Waals surface area (Å²) in [7, 11) is 1.56. The van der Waals surface area contributed by atoms with Gasteiger partial charge in [-0.2, -0.15) is 13.2 Å². The van der Waals surface area contributed by atoms with Crippen LogP contribution in [0.3, 0.4) is 0 Å². The lowest BCUT2D eigenvalue weighted by molar-refractivity contribution is -0.139. The van der Waals surface area contributed by atoms with Crippen LogP contribution < -0.4 is 4.74 Å². The fraction of sp³-hybridized carbons (Fsp3) is 0.211. The van der Waals surface area contributed by atoms with Crippen LogP contribution in [0.4, 0.5) is 17.6 Å². The molecule has 0 bridgehead atoms. The first kappa shape index (κ1) is 18.0. The zero-order chi connectivity index (χ0) is 18.9. The molecule has 26 heavy (non-hydrogen) atoms. The number of imidazole rings is 1. The monoisotopic (exact) mass is 364 g/mol. The molecule has 2 aromatic carbocycles. The van der Waals surface area contributed by atoms with E-state index < -0.39 is 17.6 Å². The van der Waals surface area contributed by atoms with E-state index in [2.05, 4.69) is 4.98 Å². The minimum Gasteiger partial charge on any atom is -0.496 e. The minimum absolute atomic E-state index is 0.276. The van der Waals surface area contributed by atoms with Crippen molar-refractivity contribution in [2.45, 2.75) is 19.6 Å². The molecule has 3 nitrogen and oxygen atoms in total. The molecule has 0 aliphatic rings. The first-order chi connectivity index (χ1) is 12.3. The highest BCUT2D eigenvalue weighted by Gasteiger charge is 2.34. The van der Waals surface area contributed by atoms with Crippen molar-refractivity contribution in [2.75, 3.05) is 7.11 Å². The summed E-state index contributed by atoms with van der Waals surface area (Å²) in [4.78, 5) is 4.24. The average Bonchev–Trinajstić information content (AvgIpc) is 2.95. The second-order valence-electron chi connectivity index (χ2n) is 5.81. The molecule has 3 aromatic rings. The Morgan fingerprint density at radius 2 is 1.85 bits per heavy atom. The van der Waals surface area contributed by atoms with Crippen molar-refractivity contribution in [3.8, 4) is 17.1 Å². The third-order valence-corrected chi connectivity index (χ3v) is 4.11. The Kier molecular flexibility index (Phi) is 4.71. The molecule has 136 valence electrons. The van der Waals surface area contributed by atoms with E-state index in [9.17, 15) is 17.6 Å². The van der Waals surface area contributed by atoms with E-state index in [1.54, 1.807) is 17.9 Å². The van der Waals surface area contributed by atoms with Crippen LogP contribution in [-0.2, 0) is 12.7 Å². The maximum absolute atomic E-state index is 13.9. The van der Waals surface area contributed by atoms with Gasteiger partial charge in [0.1, 0.15) is 17.4 Å². The molecule has 0 aliphatic heterocycles. The molecule has 0 saturated heterocycles. The van der Waals surface area contributed by atoms with Crippen LogP contribution in [0.2, 0.25) is 0 Å². The number of rotatable bonds is 4. The van der Waals surface area contributed by atoms with E-state index >= 15 is 0 Å². The number of ether oxygens (including phenoxy) is 1. The number of aromatic nitrogens is 2. The second-order valence-corrected chi connectivity index (χ2v) is 5.81. The first-order valence-electron chi connectivity index (χ1n) is 7.82. The first-order valence-corrected chi connectivity index (χ1v) is 7.82. The van der Waals surface area contributed by atoms with Gasteiger partial charge < -0.3 is 9.30 Å². The Labute approximate surface area is 147 Å². The van der Waals surface area contributed by atoms with E-state index in [1.807, 2.05) is 31.2 Å². The Morgan fingerprint density at radius 1 is 1.12 bits per heavy atom. The highest BCUT2D eigenvalue weighted by molar-refractivity contribution is 5.57. The quantitative estimate of drug-likeness (QED) is 0.604. The fourth-order valence-corrected chi connectivity index (χ4v) is 2.78. The predicted octanol–water partition coefficient (Wildman–Crippen LogP) is 5.07. The lowest BCUT2D eigenvalue weighted by Gasteiger charge is -2.14. The molecule has 1 heterocycles. The molecule has 0 N–H and O–H groups in total. The van der Waals surface area contributed by atoms with Crippen molar-refractivity contribution in [3.05, 3.63) is 71.3 Å². The van der Waals surface area contributed by atoms with Crippen molar-refractivity contribution in [1.82, 2.24) is 9.55 Å². The van der Waals surface area contributed by atoms with Crippen LogP contribution in [-0.4, -0.2) is 16.7 Å². The lowest BCUT2D eigenvalue weighted by Crippen LogP contribution is -2.09. The SMILES string of the molecule is COc1ccccc1Cn1c(C)cnc1-c1ccc(C(F)(F)F)c(F)c1. The zero-order valence-corrected chi connectivity index (χ0v) is 14.1. The lowest BCUT2D eigenvalue weighted by atomic mass is 10.1. The highest BCUT2D eigenvalue weighted by atomic mass is 19.4. The number of hydrogen-bond donors (Lipinski definition) is 0. The molecule has 0 spiro atoms. The zero-order valence-electron chi connectivity index (χ0n) is 14.1. The summed E-state index contributed by atoms with van der Waals surface area (Å²) >= 11 is 0. The van der Waals surface area contributed by atoms with Crippen LogP contribution >= 0.6 is 0 Å².